The van der Waals surface area contributed by atoms with E-state index in [1.54, 1.807) is 55.6 Å². The molecule has 0 bridgehead atoms. The summed E-state index contributed by atoms with van der Waals surface area (Å²) in [5.74, 6) is 0.434. The summed E-state index contributed by atoms with van der Waals surface area (Å²) in [6, 6.07) is 13.7. The number of benzene rings is 2. The second kappa shape index (κ2) is 8.41. The third-order valence-electron chi connectivity index (χ3n) is 4.63. The number of sulfonamides is 1. The molecule has 1 amide bonds. The topological polar surface area (TPSA) is 75.7 Å². The van der Waals surface area contributed by atoms with Crippen molar-refractivity contribution in [1.82, 2.24) is 4.31 Å². The van der Waals surface area contributed by atoms with Gasteiger partial charge in [0.15, 0.2) is 0 Å². The lowest BCUT2D eigenvalue weighted by atomic mass is 9.97. The molecule has 2 aromatic carbocycles. The number of carbonyl (C=O) groups is 1. The summed E-state index contributed by atoms with van der Waals surface area (Å²) in [6.45, 7) is 0.665. The van der Waals surface area contributed by atoms with E-state index in [4.69, 9.17) is 4.74 Å². The summed E-state index contributed by atoms with van der Waals surface area (Å²) in [5.41, 5.74) is 0.700. The molecule has 0 unspecified atom stereocenters. The molecule has 27 heavy (non-hydrogen) atoms. The average Bonchev–Trinajstić information content (AvgIpc) is 2.69. The van der Waals surface area contributed by atoms with E-state index in [9.17, 15) is 13.2 Å². The number of nitrogens with zero attached hydrogens (tertiary/aromatic N) is 1. The molecule has 1 heterocycles. The zero-order valence-corrected chi connectivity index (χ0v) is 17.3. The molecule has 144 valence electrons. The molecule has 3 rings (SSSR count). The summed E-state index contributed by atoms with van der Waals surface area (Å²) in [5, 5.41) is 2.89. The zero-order valence-electron chi connectivity index (χ0n) is 14.9. The van der Waals surface area contributed by atoms with Gasteiger partial charge in [-0.1, -0.05) is 15.9 Å². The fraction of sp³-hybridized carbons (Fsp3) is 0.316. The first-order valence-electron chi connectivity index (χ1n) is 8.61. The van der Waals surface area contributed by atoms with Crippen LogP contribution in [0.1, 0.15) is 12.8 Å². The van der Waals surface area contributed by atoms with E-state index in [2.05, 4.69) is 21.2 Å². The molecular formula is C19H21BrN2O4S. The molecular weight excluding hydrogens is 432 g/mol. The lowest BCUT2D eigenvalue weighted by Gasteiger charge is -2.30. The van der Waals surface area contributed by atoms with E-state index in [1.807, 2.05) is 0 Å². The van der Waals surface area contributed by atoms with Crippen LogP contribution in [0.4, 0.5) is 5.69 Å². The van der Waals surface area contributed by atoms with Crippen molar-refractivity contribution in [1.29, 1.82) is 0 Å². The van der Waals surface area contributed by atoms with Gasteiger partial charge in [0.1, 0.15) is 5.75 Å². The number of methoxy groups -OCH3 is 1. The van der Waals surface area contributed by atoms with Crippen LogP contribution in [0.25, 0.3) is 0 Å². The molecule has 0 saturated carbocycles. The monoisotopic (exact) mass is 452 g/mol. The van der Waals surface area contributed by atoms with Crippen molar-refractivity contribution in [3.8, 4) is 5.75 Å². The molecule has 1 fully saturated rings. The van der Waals surface area contributed by atoms with E-state index in [0.717, 1.165) is 10.2 Å². The summed E-state index contributed by atoms with van der Waals surface area (Å²) in [6.07, 6.45) is 0.996. The molecule has 2 aromatic rings. The van der Waals surface area contributed by atoms with Crippen LogP contribution in [0.5, 0.6) is 5.75 Å². The summed E-state index contributed by atoms with van der Waals surface area (Å²) in [4.78, 5) is 12.7. The van der Waals surface area contributed by atoms with Crippen LogP contribution in [0.3, 0.4) is 0 Å². The van der Waals surface area contributed by atoms with Gasteiger partial charge in [-0.15, -0.1) is 0 Å². The van der Waals surface area contributed by atoms with Gasteiger partial charge < -0.3 is 10.1 Å². The van der Waals surface area contributed by atoms with Gasteiger partial charge in [0.2, 0.25) is 15.9 Å². The van der Waals surface area contributed by atoms with Crippen LogP contribution in [-0.4, -0.2) is 38.8 Å². The number of rotatable bonds is 5. The van der Waals surface area contributed by atoms with Gasteiger partial charge in [-0.05, 0) is 61.4 Å². The van der Waals surface area contributed by atoms with Crippen molar-refractivity contribution in [2.75, 3.05) is 25.5 Å². The summed E-state index contributed by atoms with van der Waals surface area (Å²) in [7, 11) is -1.94. The lowest BCUT2D eigenvalue weighted by Crippen LogP contribution is -2.41. The Morgan fingerprint density at radius 3 is 2.22 bits per heavy atom. The first-order valence-corrected chi connectivity index (χ1v) is 10.8. The number of halogens is 1. The minimum absolute atomic E-state index is 0.0825. The van der Waals surface area contributed by atoms with Crippen molar-refractivity contribution in [2.45, 2.75) is 17.7 Å². The Morgan fingerprint density at radius 2 is 1.67 bits per heavy atom. The molecule has 6 nitrogen and oxygen atoms in total. The van der Waals surface area contributed by atoms with E-state index < -0.39 is 10.0 Å². The number of anilines is 1. The largest absolute Gasteiger partial charge is 0.497 e. The first-order chi connectivity index (χ1) is 12.9. The van der Waals surface area contributed by atoms with E-state index >= 15 is 0 Å². The van der Waals surface area contributed by atoms with Crippen LogP contribution in [0.2, 0.25) is 0 Å². The number of hydrogen-bond donors (Lipinski definition) is 1. The third kappa shape index (κ3) is 4.69. The standard InChI is InChI=1S/C19H21BrN2O4S/c1-26-17-6-4-16(5-7-17)21-19(23)14-10-12-22(13-11-14)27(24,25)18-8-2-15(20)3-9-18/h2-9,14H,10-13H2,1H3,(H,21,23). The lowest BCUT2D eigenvalue weighted by molar-refractivity contribution is -0.120. The van der Waals surface area contributed by atoms with Gasteiger partial charge in [-0.3, -0.25) is 4.79 Å². The summed E-state index contributed by atoms with van der Waals surface area (Å²) >= 11 is 3.31. The molecule has 0 aliphatic carbocycles. The van der Waals surface area contributed by atoms with E-state index in [0.29, 0.717) is 31.6 Å². The zero-order chi connectivity index (χ0) is 19.4. The number of carbonyl (C=O) groups excluding carboxylic acids is 1. The molecule has 1 N–H and O–H groups in total. The number of ether oxygens (including phenoxy) is 1. The Kier molecular flexibility index (Phi) is 6.18. The second-order valence-corrected chi connectivity index (χ2v) is 9.20. The predicted octanol–water partition coefficient (Wildman–Crippen LogP) is 3.50. The van der Waals surface area contributed by atoms with Gasteiger partial charge in [0.25, 0.3) is 0 Å². The van der Waals surface area contributed by atoms with Crippen LogP contribution >= 0.6 is 15.9 Å². The SMILES string of the molecule is COc1ccc(NC(=O)C2CCN(S(=O)(=O)c3ccc(Br)cc3)CC2)cc1. The fourth-order valence-corrected chi connectivity index (χ4v) is 4.77. The number of piperidine rings is 1. The number of hydrogen-bond acceptors (Lipinski definition) is 4. The third-order valence-corrected chi connectivity index (χ3v) is 7.08. The smallest absolute Gasteiger partial charge is 0.243 e. The maximum Gasteiger partial charge on any atom is 0.243 e. The van der Waals surface area contributed by atoms with Crippen LogP contribution in [0.15, 0.2) is 57.9 Å². The predicted molar refractivity (Wildman–Crippen MR) is 107 cm³/mol. The Hall–Kier alpha value is -1.90. The highest BCUT2D eigenvalue weighted by atomic mass is 79.9. The maximum absolute atomic E-state index is 12.7. The van der Waals surface area contributed by atoms with E-state index in [1.165, 1.54) is 4.31 Å². The van der Waals surface area contributed by atoms with Crippen molar-refractivity contribution in [3.05, 3.63) is 53.0 Å². The molecule has 1 aliphatic rings. The Morgan fingerprint density at radius 1 is 1.07 bits per heavy atom. The van der Waals surface area contributed by atoms with Gasteiger partial charge in [0.05, 0.1) is 12.0 Å². The van der Waals surface area contributed by atoms with Crippen molar-refractivity contribution in [2.24, 2.45) is 5.92 Å². The Balaban J connectivity index is 1.59. The normalized spacial score (nSPS) is 16.1. The van der Waals surface area contributed by atoms with Crippen LogP contribution in [0, 0.1) is 5.92 Å². The van der Waals surface area contributed by atoms with Gasteiger partial charge in [0, 0.05) is 29.2 Å². The van der Waals surface area contributed by atoms with Crippen molar-refractivity contribution < 1.29 is 17.9 Å². The fourth-order valence-electron chi connectivity index (χ4n) is 3.03. The molecule has 1 aliphatic heterocycles. The van der Waals surface area contributed by atoms with Crippen LogP contribution in [-0.2, 0) is 14.8 Å². The van der Waals surface area contributed by atoms with Crippen LogP contribution < -0.4 is 10.1 Å². The Labute approximate surface area is 167 Å². The number of amides is 1. The molecule has 8 heteroatoms. The molecule has 0 radical (unpaired) electrons. The van der Waals surface area contributed by atoms with Gasteiger partial charge in [-0.2, -0.15) is 4.31 Å². The average molecular weight is 453 g/mol. The summed E-state index contributed by atoms with van der Waals surface area (Å²) < 4.78 is 32.8. The first kappa shape index (κ1) is 19.9. The molecule has 0 aromatic heterocycles. The van der Waals surface area contributed by atoms with Crippen molar-refractivity contribution in [3.63, 3.8) is 0 Å². The quantitative estimate of drug-likeness (QED) is 0.752. The highest BCUT2D eigenvalue weighted by Crippen LogP contribution is 2.26. The highest BCUT2D eigenvalue weighted by molar-refractivity contribution is 9.10. The minimum Gasteiger partial charge on any atom is -0.497 e. The van der Waals surface area contributed by atoms with Crippen molar-refractivity contribution >= 4 is 37.5 Å². The Bertz CT molecular complexity index is 890. The maximum atomic E-state index is 12.7. The molecule has 0 spiro atoms. The van der Waals surface area contributed by atoms with Gasteiger partial charge >= 0.3 is 0 Å². The number of nitrogens with one attached hydrogen (secondary N) is 1. The molecule has 1 saturated heterocycles. The van der Waals surface area contributed by atoms with Gasteiger partial charge in [-0.25, -0.2) is 8.42 Å². The molecule has 0 atom stereocenters. The van der Waals surface area contributed by atoms with E-state index in [-0.39, 0.29) is 16.7 Å². The second-order valence-electron chi connectivity index (χ2n) is 6.35. The highest BCUT2D eigenvalue weighted by Gasteiger charge is 2.32. The minimum atomic E-state index is -3.53.